The van der Waals surface area contributed by atoms with Crippen molar-refractivity contribution in [3.63, 3.8) is 0 Å². The van der Waals surface area contributed by atoms with E-state index in [-0.39, 0.29) is 0 Å². The molecule has 0 unspecified atom stereocenters. The van der Waals surface area contributed by atoms with Gasteiger partial charge in [-0.15, -0.1) is 0 Å². The van der Waals surface area contributed by atoms with E-state index in [1.54, 1.807) is 0 Å². The Kier molecular flexibility index (Phi) is 3.92. The van der Waals surface area contributed by atoms with Crippen molar-refractivity contribution >= 4 is 15.9 Å². The Morgan fingerprint density at radius 2 is 1.94 bits per heavy atom. The molecule has 1 fully saturated rings. The molecule has 0 spiro atoms. The van der Waals surface area contributed by atoms with E-state index in [4.69, 9.17) is 0 Å². The van der Waals surface area contributed by atoms with Crippen molar-refractivity contribution < 1.29 is 8.42 Å². The number of aryl methyl sites for hydroxylation is 2. The zero-order valence-electron chi connectivity index (χ0n) is 10.9. The van der Waals surface area contributed by atoms with Crippen LogP contribution in [0.2, 0.25) is 0 Å². The fraction of sp³-hybridized carbons (Fsp3) is 0.538. The van der Waals surface area contributed by atoms with Crippen LogP contribution in [-0.2, 0) is 16.6 Å². The van der Waals surface area contributed by atoms with Crippen LogP contribution >= 0.6 is 0 Å². The van der Waals surface area contributed by atoms with Crippen LogP contribution < -0.4 is 4.72 Å². The first kappa shape index (κ1) is 13.4. The summed E-state index contributed by atoms with van der Waals surface area (Å²) in [6.45, 7) is 5.22. The lowest BCUT2D eigenvalue weighted by Gasteiger charge is -2.19. The molecule has 1 aromatic rings. The average Bonchev–Trinajstić information content (AvgIpc) is 2.86. The molecule has 0 aliphatic carbocycles. The Bertz CT molecular complexity index is 520. The maximum atomic E-state index is 12.2. The number of nitrogens with zero attached hydrogens (tertiary/aromatic N) is 1. The van der Waals surface area contributed by atoms with Crippen LogP contribution in [0.1, 0.15) is 30.9 Å². The highest BCUT2D eigenvalue weighted by Gasteiger charge is 2.26. The van der Waals surface area contributed by atoms with Gasteiger partial charge in [-0.05, 0) is 37.3 Å². The van der Waals surface area contributed by atoms with Gasteiger partial charge in [0.05, 0.1) is 5.69 Å². The number of benzene rings is 1. The van der Waals surface area contributed by atoms with Crippen molar-refractivity contribution in [3.8, 4) is 0 Å². The lowest BCUT2D eigenvalue weighted by molar-refractivity contribution is 0.482. The molecule has 100 valence electrons. The van der Waals surface area contributed by atoms with Gasteiger partial charge in [-0.3, -0.25) is 4.72 Å². The molecule has 1 aromatic carbocycles. The first-order chi connectivity index (χ1) is 8.54. The summed E-state index contributed by atoms with van der Waals surface area (Å²) >= 11 is 0. The van der Waals surface area contributed by atoms with Crippen molar-refractivity contribution in [2.75, 3.05) is 17.8 Å². The van der Waals surface area contributed by atoms with E-state index in [0.29, 0.717) is 13.1 Å². The van der Waals surface area contributed by atoms with Crippen molar-refractivity contribution in [1.82, 2.24) is 4.31 Å². The molecule has 18 heavy (non-hydrogen) atoms. The third-order valence-electron chi connectivity index (χ3n) is 3.38. The number of rotatable bonds is 4. The van der Waals surface area contributed by atoms with Gasteiger partial charge in [0, 0.05) is 13.1 Å². The summed E-state index contributed by atoms with van der Waals surface area (Å²) in [5.41, 5.74) is 2.75. The van der Waals surface area contributed by atoms with Gasteiger partial charge < -0.3 is 0 Å². The lowest BCUT2D eigenvalue weighted by atomic mass is 10.1. The second-order valence-corrected chi connectivity index (χ2v) is 6.35. The molecule has 0 aromatic heterocycles. The molecular weight excluding hydrogens is 248 g/mol. The van der Waals surface area contributed by atoms with E-state index in [1.807, 2.05) is 32.0 Å². The van der Waals surface area contributed by atoms with Gasteiger partial charge in [-0.1, -0.05) is 25.1 Å². The summed E-state index contributed by atoms with van der Waals surface area (Å²) in [6, 6.07) is 5.86. The summed E-state index contributed by atoms with van der Waals surface area (Å²) in [6.07, 6.45) is 2.73. The Hall–Kier alpha value is -1.07. The predicted octanol–water partition coefficient (Wildman–Crippen LogP) is 2.31. The number of hydrogen-bond donors (Lipinski definition) is 1. The molecule has 0 amide bonds. The zero-order chi connectivity index (χ0) is 13.2. The van der Waals surface area contributed by atoms with Crippen LogP contribution in [0.15, 0.2) is 18.2 Å². The van der Waals surface area contributed by atoms with Crippen LogP contribution in [0, 0.1) is 6.92 Å². The van der Waals surface area contributed by atoms with Crippen molar-refractivity contribution in [1.29, 1.82) is 0 Å². The van der Waals surface area contributed by atoms with E-state index in [0.717, 1.165) is 36.1 Å². The predicted molar refractivity (Wildman–Crippen MR) is 73.9 cm³/mol. The van der Waals surface area contributed by atoms with E-state index in [1.165, 1.54) is 4.31 Å². The second-order valence-electron chi connectivity index (χ2n) is 4.68. The van der Waals surface area contributed by atoms with Gasteiger partial charge in [0.25, 0.3) is 0 Å². The average molecular weight is 268 g/mol. The summed E-state index contributed by atoms with van der Waals surface area (Å²) < 4.78 is 28.7. The van der Waals surface area contributed by atoms with Crippen molar-refractivity contribution in [3.05, 3.63) is 29.3 Å². The smallest absolute Gasteiger partial charge is 0.270 e. The molecular formula is C13H20N2O2S. The van der Waals surface area contributed by atoms with Gasteiger partial charge in [0.15, 0.2) is 0 Å². The summed E-state index contributed by atoms with van der Waals surface area (Å²) in [5, 5.41) is 0. The molecule has 0 saturated carbocycles. The standard InChI is InChI=1S/C13H20N2O2S/c1-3-12-8-6-7-11(2)13(12)14-18(16,17)15-9-4-5-10-15/h6-8,14H,3-5,9-10H2,1-2H3. The molecule has 0 atom stereocenters. The maximum absolute atomic E-state index is 12.2. The molecule has 2 rings (SSSR count). The van der Waals surface area contributed by atoms with Gasteiger partial charge in [-0.2, -0.15) is 12.7 Å². The Morgan fingerprint density at radius 1 is 1.28 bits per heavy atom. The third kappa shape index (κ3) is 2.67. The van der Waals surface area contributed by atoms with Crippen LogP contribution in [-0.4, -0.2) is 25.8 Å². The van der Waals surface area contributed by atoms with E-state index >= 15 is 0 Å². The molecule has 1 N–H and O–H groups in total. The quantitative estimate of drug-likeness (QED) is 0.911. The maximum Gasteiger partial charge on any atom is 0.301 e. The SMILES string of the molecule is CCc1cccc(C)c1NS(=O)(=O)N1CCCC1. The highest BCUT2D eigenvalue weighted by Crippen LogP contribution is 2.24. The van der Waals surface area contributed by atoms with E-state index < -0.39 is 10.2 Å². The lowest BCUT2D eigenvalue weighted by Crippen LogP contribution is -2.33. The van der Waals surface area contributed by atoms with Crippen molar-refractivity contribution in [2.45, 2.75) is 33.1 Å². The number of nitrogens with one attached hydrogen (secondary N) is 1. The van der Waals surface area contributed by atoms with Crippen LogP contribution in [0.25, 0.3) is 0 Å². The zero-order valence-corrected chi connectivity index (χ0v) is 11.8. The molecule has 5 heteroatoms. The molecule has 1 aliphatic rings. The largest absolute Gasteiger partial charge is 0.301 e. The normalized spacial score (nSPS) is 17.0. The summed E-state index contributed by atoms with van der Waals surface area (Å²) in [5.74, 6) is 0. The number of hydrogen-bond acceptors (Lipinski definition) is 2. The molecule has 4 nitrogen and oxygen atoms in total. The van der Waals surface area contributed by atoms with Gasteiger partial charge in [0.1, 0.15) is 0 Å². The monoisotopic (exact) mass is 268 g/mol. The Morgan fingerprint density at radius 3 is 2.56 bits per heavy atom. The highest BCUT2D eigenvalue weighted by atomic mass is 32.2. The molecule has 0 radical (unpaired) electrons. The first-order valence-corrected chi connectivity index (χ1v) is 7.85. The fourth-order valence-corrected chi connectivity index (χ4v) is 3.71. The minimum absolute atomic E-state index is 0.628. The van der Waals surface area contributed by atoms with E-state index in [9.17, 15) is 8.42 Å². The summed E-state index contributed by atoms with van der Waals surface area (Å²) in [7, 11) is -3.38. The van der Waals surface area contributed by atoms with Crippen LogP contribution in [0.5, 0.6) is 0 Å². The topological polar surface area (TPSA) is 49.4 Å². The Balaban J connectivity index is 2.28. The number of anilines is 1. The third-order valence-corrected chi connectivity index (χ3v) is 4.88. The summed E-state index contributed by atoms with van der Waals surface area (Å²) in [4.78, 5) is 0. The minimum Gasteiger partial charge on any atom is -0.270 e. The molecule has 1 saturated heterocycles. The Labute approximate surface area is 109 Å². The molecule has 0 bridgehead atoms. The van der Waals surface area contributed by atoms with Gasteiger partial charge >= 0.3 is 10.2 Å². The van der Waals surface area contributed by atoms with Gasteiger partial charge in [0.2, 0.25) is 0 Å². The first-order valence-electron chi connectivity index (χ1n) is 6.41. The molecule has 1 heterocycles. The van der Waals surface area contributed by atoms with Gasteiger partial charge in [-0.25, -0.2) is 0 Å². The number of para-hydroxylation sites is 1. The molecule has 1 aliphatic heterocycles. The second kappa shape index (κ2) is 5.28. The van der Waals surface area contributed by atoms with Crippen LogP contribution in [0.4, 0.5) is 5.69 Å². The van der Waals surface area contributed by atoms with Crippen LogP contribution in [0.3, 0.4) is 0 Å². The minimum atomic E-state index is -3.38. The fourth-order valence-electron chi connectivity index (χ4n) is 2.29. The van der Waals surface area contributed by atoms with Crippen molar-refractivity contribution in [2.24, 2.45) is 0 Å². The van der Waals surface area contributed by atoms with E-state index in [2.05, 4.69) is 4.72 Å². The highest BCUT2D eigenvalue weighted by molar-refractivity contribution is 7.90.